The molecule has 2 heterocycles. The monoisotopic (exact) mass is 304 g/mol. The van der Waals surface area contributed by atoms with Crippen molar-refractivity contribution in [2.75, 3.05) is 10.6 Å². The van der Waals surface area contributed by atoms with E-state index < -0.39 is 11.6 Å². The molecule has 3 aromatic rings. The van der Waals surface area contributed by atoms with Crippen LogP contribution in [0.3, 0.4) is 0 Å². The molecule has 4 rings (SSSR count). The van der Waals surface area contributed by atoms with Crippen molar-refractivity contribution in [3.05, 3.63) is 47.5 Å². The maximum absolute atomic E-state index is 13.4. The summed E-state index contributed by atoms with van der Waals surface area (Å²) in [5.41, 5.74) is 1.98. The number of phenolic OH excluding ortho intramolecular Hbond substituents is 1. The van der Waals surface area contributed by atoms with Gasteiger partial charge in [-0.3, -0.25) is 0 Å². The normalized spacial score (nSPS) is 13.0. The van der Waals surface area contributed by atoms with Crippen LogP contribution in [0.25, 0.3) is 10.1 Å². The molecule has 3 N–H and O–H groups in total. The highest BCUT2D eigenvalue weighted by Crippen LogP contribution is 2.44. The second-order valence-corrected chi connectivity index (χ2v) is 5.87. The fourth-order valence-electron chi connectivity index (χ4n) is 2.53. The zero-order valence-corrected chi connectivity index (χ0v) is 11.5. The van der Waals surface area contributed by atoms with Gasteiger partial charge in [0, 0.05) is 29.6 Å². The lowest BCUT2D eigenvalue weighted by atomic mass is 10.1. The third kappa shape index (κ3) is 1.83. The average molecular weight is 304 g/mol. The summed E-state index contributed by atoms with van der Waals surface area (Å²) in [6.07, 6.45) is 0. The molecule has 1 aliphatic rings. The quantitative estimate of drug-likeness (QED) is 0.570. The van der Waals surface area contributed by atoms with E-state index in [-0.39, 0.29) is 5.75 Å². The van der Waals surface area contributed by atoms with Gasteiger partial charge in [-0.25, -0.2) is 8.78 Å². The Balaban J connectivity index is 1.91. The first-order chi connectivity index (χ1) is 10.1. The minimum Gasteiger partial charge on any atom is -0.506 e. The van der Waals surface area contributed by atoms with Gasteiger partial charge in [0.15, 0.2) is 11.6 Å². The van der Waals surface area contributed by atoms with Crippen LogP contribution in [0.1, 0.15) is 5.56 Å². The summed E-state index contributed by atoms with van der Waals surface area (Å²) < 4.78 is 27.5. The van der Waals surface area contributed by atoms with Crippen molar-refractivity contribution in [1.29, 1.82) is 0 Å². The Bertz CT molecular complexity index is 876. The van der Waals surface area contributed by atoms with Crippen molar-refractivity contribution in [2.24, 2.45) is 0 Å². The molecular formula is C15H10F2N2OS. The van der Waals surface area contributed by atoms with Crippen LogP contribution in [-0.4, -0.2) is 5.11 Å². The molecular weight excluding hydrogens is 294 g/mol. The first-order valence-electron chi connectivity index (χ1n) is 6.37. The second kappa shape index (κ2) is 4.33. The number of rotatable bonds is 0. The molecule has 0 saturated carbocycles. The van der Waals surface area contributed by atoms with Gasteiger partial charge in [-0.2, -0.15) is 0 Å². The van der Waals surface area contributed by atoms with Gasteiger partial charge in [0.25, 0.3) is 0 Å². The molecule has 6 heteroatoms. The lowest BCUT2D eigenvalue weighted by Crippen LogP contribution is -1.99. The molecule has 0 aliphatic carbocycles. The van der Waals surface area contributed by atoms with Crippen LogP contribution in [0.15, 0.2) is 30.3 Å². The second-order valence-electron chi connectivity index (χ2n) is 4.85. The highest BCUT2D eigenvalue weighted by Gasteiger charge is 2.20. The number of hydrogen-bond acceptors (Lipinski definition) is 4. The van der Waals surface area contributed by atoms with Crippen LogP contribution >= 0.6 is 11.3 Å². The molecule has 21 heavy (non-hydrogen) atoms. The summed E-state index contributed by atoms with van der Waals surface area (Å²) in [6, 6.07) is 7.62. The van der Waals surface area contributed by atoms with Gasteiger partial charge >= 0.3 is 0 Å². The maximum Gasteiger partial charge on any atom is 0.161 e. The van der Waals surface area contributed by atoms with E-state index in [0.717, 1.165) is 32.8 Å². The number of phenols is 1. The predicted octanol–water partition coefficient (Wildman–Crippen LogP) is 4.55. The molecule has 0 radical (unpaired) electrons. The van der Waals surface area contributed by atoms with Gasteiger partial charge in [-0.05, 0) is 6.07 Å². The number of thiophene rings is 1. The number of hydrogen-bond donors (Lipinski definition) is 3. The Labute approximate surface area is 122 Å². The highest BCUT2D eigenvalue weighted by molar-refractivity contribution is 7.23. The number of aromatic hydroxyl groups is 1. The molecule has 0 unspecified atom stereocenters. The molecule has 0 bridgehead atoms. The summed E-state index contributed by atoms with van der Waals surface area (Å²) in [4.78, 5) is 0. The molecule has 0 amide bonds. The smallest absolute Gasteiger partial charge is 0.161 e. The molecule has 3 nitrogen and oxygen atoms in total. The third-order valence-corrected chi connectivity index (χ3v) is 4.75. The van der Waals surface area contributed by atoms with Gasteiger partial charge in [0.2, 0.25) is 0 Å². The molecule has 1 aromatic heterocycles. The molecule has 0 spiro atoms. The minimum atomic E-state index is -0.893. The Morgan fingerprint density at radius 2 is 1.86 bits per heavy atom. The van der Waals surface area contributed by atoms with E-state index in [0.29, 0.717) is 17.9 Å². The number of anilines is 3. The molecule has 0 saturated heterocycles. The Hall–Kier alpha value is -2.34. The highest BCUT2D eigenvalue weighted by atomic mass is 32.1. The molecule has 2 aromatic carbocycles. The Kier molecular flexibility index (Phi) is 2.56. The van der Waals surface area contributed by atoms with Crippen molar-refractivity contribution < 1.29 is 13.9 Å². The largest absolute Gasteiger partial charge is 0.506 e. The number of benzene rings is 2. The van der Waals surface area contributed by atoms with Crippen molar-refractivity contribution in [2.45, 2.75) is 6.54 Å². The van der Waals surface area contributed by atoms with Crippen LogP contribution in [0, 0.1) is 11.6 Å². The first kappa shape index (κ1) is 12.4. The van der Waals surface area contributed by atoms with Crippen LogP contribution in [0.5, 0.6) is 5.75 Å². The fourth-order valence-corrected chi connectivity index (χ4v) is 3.68. The minimum absolute atomic E-state index is 0.220. The summed E-state index contributed by atoms with van der Waals surface area (Å²) in [5, 5.41) is 17.9. The molecule has 1 aliphatic heterocycles. The average Bonchev–Trinajstić information content (AvgIpc) is 2.71. The molecule has 106 valence electrons. The fraction of sp³-hybridized carbons (Fsp3) is 0.0667. The van der Waals surface area contributed by atoms with Crippen molar-refractivity contribution in [3.8, 4) is 5.75 Å². The van der Waals surface area contributed by atoms with Gasteiger partial charge in [0.05, 0.1) is 21.1 Å². The van der Waals surface area contributed by atoms with Crippen LogP contribution in [-0.2, 0) is 6.54 Å². The van der Waals surface area contributed by atoms with E-state index in [1.165, 1.54) is 11.3 Å². The van der Waals surface area contributed by atoms with Crippen LogP contribution < -0.4 is 10.6 Å². The van der Waals surface area contributed by atoms with E-state index in [9.17, 15) is 13.9 Å². The summed E-state index contributed by atoms with van der Waals surface area (Å²) in [5.74, 6) is -1.55. The topological polar surface area (TPSA) is 44.3 Å². The van der Waals surface area contributed by atoms with Crippen molar-refractivity contribution >= 4 is 37.8 Å². The third-order valence-electron chi connectivity index (χ3n) is 3.56. The summed E-state index contributed by atoms with van der Waals surface area (Å²) >= 11 is 1.40. The zero-order valence-electron chi connectivity index (χ0n) is 10.7. The van der Waals surface area contributed by atoms with E-state index >= 15 is 0 Å². The predicted molar refractivity (Wildman–Crippen MR) is 80.5 cm³/mol. The molecule has 0 atom stereocenters. The van der Waals surface area contributed by atoms with Gasteiger partial charge < -0.3 is 15.7 Å². The zero-order chi connectivity index (χ0) is 14.6. The maximum atomic E-state index is 13.4. The van der Waals surface area contributed by atoms with E-state index in [1.54, 1.807) is 12.1 Å². The van der Waals surface area contributed by atoms with Gasteiger partial charge in [0.1, 0.15) is 5.75 Å². The number of nitrogens with one attached hydrogen (secondary N) is 2. The lowest BCUT2D eigenvalue weighted by Gasteiger charge is -2.09. The van der Waals surface area contributed by atoms with E-state index in [4.69, 9.17) is 0 Å². The van der Waals surface area contributed by atoms with Crippen LogP contribution in [0.2, 0.25) is 0 Å². The van der Waals surface area contributed by atoms with E-state index in [1.807, 2.05) is 6.07 Å². The SMILES string of the molecule is Oc1cccc2c3c(sc12)Nc1cc(F)c(F)cc1NC3. The number of fused-ring (bicyclic) bond motifs is 4. The number of halogens is 2. The summed E-state index contributed by atoms with van der Waals surface area (Å²) in [6.45, 7) is 0.476. The Morgan fingerprint density at radius 3 is 2.67 bits per heavy atom. The van der Waals surface area contributed by atoms with Gasteiger partial charge in [-0.1, -0.05) is 12.1 Å². The lowest BCUT2D eigenvalue weighted by molar-refractivity contribution is 0.482. The van der Waals surface area contributed by atoms with Gasteiger partial charge in [-0.15, -0.1) is 11.3 Å². The van der Waals surface area contributed by atoms with Crippen molar-refractivity contribution in [1.82, 2.24) is 0 Å². The summed E-state index contributed by atoms with van der Waals surface area (Å²) in [7, 11) is 0. The molecule has 0 fully saturated rings. The standard InChI is InChI=1S/C15H10F2N2OS/c16-9-4-11-12(5-10(9)17)19-15-8(6-18-11)7-2-1-3-13(20)14(7)21-15/h1-5,18-20H,6H2. The first-order valence-corrected chi connectivity index (χ1v) is 7.18. The van der Waals surface area contributed by atoms with Crippen LogP contribution in [0.4, 0.5) is 25.2 Å². The Morgan fingerprint density at radius 1 is 1.10 bits per heavy atom. The van der Waals surface area contributed by atoms with E-state index in [2.05, 4.69) is 10.6 Å². The van der Waals surface area contributed by atoms with Crippen molar-refractivity contribution in [3.63, 3.8) is 0 Å².